The van der Waals surface area contributed by atoms with Gasteiger partial charge in [-0.15, -0.1) is 0 Å². The van der Waals surface area contributed by atoms with Crippen LogP contribution < -0.4 is 9.47 Å². The fraction of sp³-hybridized carbons (Fsp3) is 0.400. The Labute approximate surface area is 134 Å². The van der Waals surface area contributed by atoms with Crippen LogP contribution in [0.25, 0.3) is 0 Å². The Morgan fingerprint density at radius 2 is 0.909 bits per heavy atom. The Morgan fingerprint density at radius 3 is 1.23 bits per heavy atom. The van der Waals surface area contributed by atoms with Crippen molar-refractivity contribution in [3.8, 4) is 11.5 Å². The zero-order chi connectivity index (χ0) is 16.4. The molecule has 0 atom stereocenters. The number of methoxy groups -OCH3 is 2. The predicted octanol–water partition coefficient (Wildman–Crippen LogP) is 4.96. The average Bonchev–Trinajstić information content (AvgIpc) is 2.54. The number of ether oxygens (including phenoxy) is 2. The van der Waals surface area contributed by atoms with Crippen molar-refractivity contribution in [2.45, 2.75) is 38.5 Å². The van der Waals surface area contributed by atoms with Gasteiger partial charge in [0, 0.05) is 22.0 Å². The first kappa shape index (κ1) is 16.4. The van der Waals surface area contributed by atoms with E-state index in [-0.39, 0.29) is 10.8 Å². The second-order valence-corrected chi connectivity index (χ2v) is 6.65. The van der Waals surface area contributed by atoms with E-state index in [9.17, 15) is 0 Å². The van der Waals surface area contributed by atoms with E-state index in [4.69, 9.17) is 9.47 Å². The second-order valence-electron chi connectivity index (χ2n) is 6.65. The summed E-state index contributed by atoms with van der Waals surface area (Å²) in [6, 6.07) is 16.5. The van der Waals surface area contributed by atoms with Crippen molar-refractivity contribution in [2.75, 3.05) is 14.2 Å². The molecule has 0 aliphatic carbocycles. The zero-order valence-electron chi connectivity index (χ0n) is 14.4. The standard InChI is InChI=1S/C20H26O2/c1-19(2,15-11-7-9-13-17(15)21-5)20(3,4)16-12-8-10-14-18(16)22-6/h7-14H,1-6H3. The van der Waals surface area contributed by atoms with Gasteiger partial charge in [-0.2, -0.15) is 0 Å². The average molecular weight is 298 g/mol. The minimum atomic E-state index is -0.131. The fourth-order valence-electron chi connectivity index (χ4n) is 3.00. The lowest BCUT2D eigenvalue weighted by Gasteiger charge is -2.43. The molecular formula is C20H26O2. The van der Waals surface area contributed by atoms with Crippen molar-refractivity contribution < 1.29 is 9.47 Å². The molecule has 2 heteroatoms. The molecule has 2 aromatic rings. The summed E-state index contributed by atoms with van der Waals surface area (Å²) >= 11 is 0. The van der Waals surface area contributed by atoms with Crippen molar-refractivity contribution in [3.05, 3.63) is 59.7 Å². The molecule has 0 saturated heterocycles. The molecule has 0 fully saturated rings. The van der Waals surface area contributed by atoms with E-state index >= 15 is 0 Å². The maximum absolute atomic E-state index is 5.59. The van der Waals surface area contributed by atoms with Crippen LogP contribution in [0.4, 0.5) is 0 Å². The van der Waals surface area contributed by atoms with Gasteiger partial charge < -0.3 is 9.47 Å². The van der Waals surface area contributed by atoms with E-state index in [1.165, 1.54) is 11.1 Å². The largest absolute Gasteiger partial charge is 0.496 e. The minimum absolute atomic E-state index is 0.131. The molecule has 0 aliphatic rings. The molecule has 0 bridgehead atoms. The van der Waals surface area contributed by atoms with Crippen molar-refractivity contribution in [1.82, 2.24) is 0 Å². The molecule has 0 spiro atoms. The summed E-state index contributed by atoms with van der Waals surface area (Å²) in [5.74, 6) is 1.85. The smallest absolute Gasteiger partial charge is 0.122 e. The highest BCUT2D eigenvalue weighted by atomic mass is 16.5. The van der Waals surface area contributed by atoms with Crippen LogP contribution in [0.1, 0.15) is 38.8 Å². The summed E-state index contributed by atoms with van der Waals surface area (Å²) < 4.78 is 11.2. The summed E-state index contributed by atoms with van der Waals surface area (Å²) in [7, 11) is 3.45. The van der Waals surface area contributed by atoms with E-state index in [0.717, 1.165) is 11.5 Å². The lowest BCUT2D eigenvalue weighted by Crippen LogP contribution is -2.40. The number of rotatable bonds is 5. The molecule has 2 rings (SSSR count). The van der Waals surface area contributed by atoms with E-state index < -0.39 is 0 Å². The van der Waals surface area contributed by atoms with Crippen LogP contribution in [0.15, 0.2) is 48.5 Å². The van der Waals surface area contributed by atoms with Crippen LogP contribution in [0, 0.1) is 0 Å². The summed E-state index contributed by atoms with van der Waals surface area (Å²) in [5.41, 5.74) is 2.14. The Morgan fingerprint density at radius 1 is 0.591 bits per heavy atom. The lowest BCUT2D eigenvalue weighted by molar-refractivity contribution is 0.278. The Balaban J connectivity index is 2.60. The Kier molecular flexibility index (Phi) is 4.50. The van der Waals surface area contributed by atoms with E-state index in [2.05, 4.69) is 52.0 Å². The molecule has 0 aliphatic heterocycles. The van der Waals surface area contributed by atoms with Crippen LogP contribution in [-0.2, 0) is 10.8 Å². The van der Waals surface area contributed by atoms with Crippen molar-refractivity contribution in [2.24, 2.45) is 0 Å². The van der Waals surface area contributed by atoms with Gasteiger partial charge >= 0.3 is 0 Å². The van der Waals surface area contributed by atoms with E-state index in [1.807, 2.05) is 24.3 Å². The van der Waals surface area contributed by atoms with Gasteiger partial charge in [-0.1, -0.05) is 64.1 Å². The minimum Gasteiger partial charge on any atom is -0.496 e. The SMILES string of the molecule is COc1ccccc1C(C)(C)C(C)(C)c1ccccc1OC. The van der Waals surface area contributed by atoms with E-state index in [0.29, 0.717) is 0 Å². The third kappa shape index (κ3) is 2.58. The van der Waals surface area contributed by atoms with Crippen molar-refractivity contribution >= 4 is 0 Å². The molecule has 0 aromatic heterocycles. The van der Waals surface area contributed by atoms with Crippen LogP contribution in [0.5, 0.6) is 11.5 Å². The number of benzene rings is 2. The maximum Gasteiger partial charge on any atom is 0.122 e. The highest BCUT2D eigenvalue weighted by Gasteiger charge is 2.42. The first-order valence-electron chi connectivity index (χ1n) is 7.63. The number of hydrogen-bond donors (Lipinski definition) is 0. The molecule has 2 aromatic carbocycles. The first-order chi connectivity index (χ1) is 10.4. The van der Waals surface area contributed by atoms with Crippen molar-refractivity contribution in [1.29, 1.82) is 0 Å². The molecule has 0 radical (unpaired) electrons. The van der Waals surface area contributed by atoms with Crippen LogP contribution in [-0.4, -0.2) is 14.2 Å². The normalized spacial score (nSPS) is 12.1. The molecular weight excluding hydrogens is 272 g/mol. The topological polar surface area (TPSA) is 18.5 Å². The molecule has 0 unspecified atom stereocenters. The summed E-state index contributed by atoms with van der Waals surface area (Å²) in [5, 5.41) is 0. The highest BCUT2D eigenvalue weighted by molar-refractivity contribution is 5.48. The highest BCUT2D eigenvalue weighted by Crippen LogP contribution is 2.48. The first-order valence-corrected chi connectivity index (χ1v) is 7.63. The monoisotopic (exact) mass is 298 g/mol. The van der Waals surface area contributed by atoms with Gasteiger partial charge in [-0.05, 0) is 12.1 Å². The third-order valence-electron chi connectivity index (χ3n) is 5.12. The van der Waals surface area contributed by atoms with Gasteiger partial charge in [0.2, 0.25) is 0 Å². The Hall–Kier alpha value is -1.96. The van der Waals surface area contributed by atoms with Crippen molar-refractivity contribution in [3.63, 3.8) is 0 Å². The Bertz CT molecular complexity index is 584. The fourth-order valence-corrected chi connectivity index (χ4v) is 3.00. The maximum atomic E-state index is 5.59. The summed E-state index contributed by atoms with van der Waals surface area (Å²) in [4.78, 5) is 0. The molecule has 0 heterocycles. The quantitative estimate of drug-likeness (QED) is 0.777. The number of para-hydroxylation sites is 2. The summed E-state index contributed by atoms with van der Waals surface area (Å²) in [6.45, 7) is 9.04. The van der Waals surface area contributed by atoms with E-state index in [1.54, 1.807) is 14.2 Å². The lowest BCUT2D eigenvalue weighted by atomic mass is 9.60. The molecule has 2 nitrogen and oxygen atoms in total. The molecule has 0 amide bonds. The summed E-state index contributed by atoms with van der Waals surface area (Å²) in [6.07, 6.45) is 0. The third-order valence-corrected chi connectivity index (χ3v) is 5.12. The van der Waals surface area contributed by atoms with Crippen LogP contribution >= 0.6 is 0 Å². The van der Waals surface area contributed by atoms with Gasteiger partial charge in [0.05, 0.1) is 14.2 Å². The molecule has 22 heavy (non-hydrogen) atoms. The van der Waals surface area contributed by atoms with Gasteiger partial charge in [0.15, 0.2) is 0 Å². The van der Waals surface area contributed by atoms with Gasteiger partial charge in [-0.3, -0.25) is 0 Å². The van der Waals surface area contributed by atoms with Gasteiger partial charge in [0.25, 0.3) is 0 Å². The predicted molar refractivity (Wildman–Crippen MR) is 92.0 cm³/mol. The van der Waals surface area contributed by atoms with Gasteiger partial charge in [-0.25, -0.2) is 0 Å². The second kappa shape index (κ2) is 6.04. The molecule has 118 valence electrons. The van der Waals surface area contributed by atoms with Crippen LogP contribution in [0.3, 0.4) is 0 Å². The van der Waals surface area contributed by atoms with Crippen LogP contribution in [0.2, 0.25) is 0 Å². The zero-order valence-corrected chi connectivity index (χ0v) is 14.4. The molecule has 0 N–H and O–H groups in total. The number of hydrogen-bond acceptors (Lipinski definition) is 2. The van der Waals surface area contributed by atoms with Gasteiger partial charge in [0.1, 0.15) is 11.5 Å². The molecule has 0 saturated carbocycles.